The maximum Gasteiger partial charge on any atom is 0.327 e. The van der Waals surface area contributed by atoms with E-state index in [9.17, 15) is 4.57 Å². The van der Waals surface area contributed by atoms with Crippen LogP contribution in [0.1, 0.15) is 26.7 Å². The Morgan fingerprint density at radius 3 is 2.36 bits per heavy atom. The molecule has 0 radical (unpaired) electrons. The SMILES string of the molecule is CCCCOP(C)(=O)OCC. The molecule has 0 saturated heterocycles. The molecule has 0 spiro atoms. The second-order valence-electron chi connectivity index (χ2n) is 2.38. The molecule has 0 aliphatic rings. The van der Waals surface area contributed by atoms with Crippen LogP contribution in [0.3, 0.4) is 0 Å². The topological polar surface area (TPSA) is 35.5 Å². The van der Waals surface area contributed by atoms with Crippen LogP contribution in [0.25, 0.3) is 0 Å². The Morgan fingerprint density at radius 2 is 1.91 bits per heavy atom. The molecule has 0 aromatic heterocycles. The first-order valence-corrected chi connectivity index (χ1v) is 5.98. The molecular formula is C7H17O3P. The van der Waals surface area contributed by atoms with Gasteiger partial charge in [0.15, 0.2) is 0 Å². The molecule has 0 aromatic carbocycles. The normalized spacial score (nSPS) is 16.3. The van der Waals surface area contributed by atoms with Crippen LogP contribution in [-0.4, -0.2) is 19.9 Å². The van der Waals surface area contributed by atoms with E-state index in [1.165, 1.54) is 6.66 Å². The van der Waals surface area contributed by atoms with Gasteiger partial charge in [-0.2, -0.15) is 0 Å². The molecule has 11 heavy (non-hydrogen) atoms. The van der Waals surface area contributed by atoms with Crippen molar-refractivity contribution in [2.24, 2.45) is 0 Å². The zero-order valence-electron chi connectivity index (χ0n) is 7.50. The minimum Gasteiger partial charge on any atom is -0.309 e. The molecule has 1 unspecified atom stereocenters. The lowest BCUT2D eigenvalue weighted by atomic mass is 10.4. The molecule has 0 aliphatic heterocycles. The maximum absolute atomic E-state index is 11.2. The molecule has 68 valence electrons. The molecule has 1 atom stereocenters. The second-order valence-corrected chi connectivity index (χ2v) is 4.43. The fourth-order valence-corrected chi connectivity index (χ4v) is 1.65. The molecule has 0 amide bonds. The zero-order valence-corrected chi connectivity index (χ0v) is 8.39. The van der Waals surface area contributed by atoms with Crippen molar-refractivity contribution in [3.63, 3.8) is 0 Å². The Labute approximate surface area is 68.6 Å². The monoisotopic (exact) mass is 180 g/mol. The van der Waals surface area contributed by atoms with Crippen LogP contribution in [0.4, 0.5) is 0 Å². The van der Waals surface area contributed by atoms with Crippen molar-refractivity contribution >= 4 is 7.60 Å². The first kappa shape index (κ1) is 11.2. The van der Waals surface area contributed by atoms with Gasteiger partial charge in [-0.05, 0) is 13.3 Å². The summed E-state index contributed by atoms with van der Waals surface area (Å²) in [5, 5.41) is 0. The molecule has 0 saturated carbocycles. The average molecular weight is 180 g/mol. The lowest BCUT2D eigenvalue weighted by Crippen LogP contribution is -1.95. The van der Waals surface area contributed by atoms with Crippen LogP contribution >= 0.6 is 7.60 Å². The first-order valence-electron chi connectivity index (χ1n) is 3.99. The number of unbranched alkanes of at least 4 members (excludes halogenated alkanes) is 1. The van der Waals surface area contributed by atoms with E-state index in [1.807, 2.05) is 0 Å². The summed E-state index contributed by atoms with van der Waals surface area (Å²) in [5.41, 5.74) is 0. The highest BCUT2D eigenvalue weighted by Gasteiger charge is 2.14. The third-order valence-electron chi connectivity index (χ3n) is 1.19. The van der Waals surface area contributed by atoms with E-state index < -0.39 is 7.60 Å². The van der Waals surface area contributed by atoms with Crippen molar-refractivity contribution in [2.75, 3.05) is 19.9 Å². The fraction of sp³-hybridized carbons (Fsp3) is 1.00. The summed E-state index contributed by atoms with van der Waals surface area (Å²) < 4.78 is 21.2. The van der Waals surface area contributed by atoms with Gasteiger partial charge in [0.2, 0.25) is 0 Å². The minimum absolute atomic E-state index is 0.444. The van der Waals surface area contributed by atoms with E-state index in [0.29, 0.717) is 13.2 Å². The smallest absolute Gasteiger partial charge is 0.309 e. The van der Waals surface area contributed by atoms with Crippen LogP contribution in [-0.2, 0) is 13.6 Å². The van der Waals surface area contributed by atoms with E-state index in [2.05, 4.69) is 6.92 Å². The number of hydrogen-bond acceptors (Lipinski definition) is 3. The van der Waals surface area contributed by atoms with Gasteiger partial charge in [-0.25, -0.2) is 0 Å². The summed E-state index contributed by atoms with van der Waals surface area (Å²) in [6.07, 6.45) is 1.98. The Morgan fingerprint density at radius 1 is 1.27 bits per heavy atom. The van der Waals surface area contributed by atoms with Gasteiger partial charge >= 0.3 is 7.60 Å². The van der Waals surface area contributed by atoms with Crippen molar-refractivity contribution in [1.82, 2.24) is 0 Å². The standard InChI is InChI=1S/C7H17O3P/c1-4-6-7-10-11(3,8)9-5-2/h4-7H2,1-3H3. The molecule has 4 heteroatoms. The molecule has 3 nitrogen and oxygen atoms in total. The third kappa shape index (κ3) is 6.54. The van der Waals surface area contributed by atoms with Crippen molar-refractivity contribution in [2.45, 2.75) is 26.7 Å². The summed E-state index contributed by atoms with van der Waals surface area (Å²) >= 11 is 0. The van der Waals surface area contributed by atoms with Gasteiger partial charge < -0.3 is 9.05 Å². The van der Waals surface area contributed by atoms with Crippen LogP contribution in [0.15, 0.2) is 0 Å². The van der Waals surface area contributed by atoms with E-state index in [1.54, 1.807) is 6.92 Å². The predicted octanol–water partition coefficient (Wildman–Crippen LogP) is 2.66. The van der Waals surface area contributed by atoms with Crippen LogP contribution in [0, 0.1) is 0 Å². The molecule has 0 heterocycles. The van der Waals surface area contributed by atoms with Gasteiger partial charge in [0.25, 0.3) is 0 Å². The fourth-order valence-electron chi connectivity index (χ4n) is 0.646. The van der Waals surface area contributed by atoms with Gasteiger partial charge in [-0.3, -0.25) is 4.57 Å². The molecule has 0 aliphatic carbocycles. The average Bonchev–Trinajstić information content (AvgIpc) is 1.87. The number of hydrogen-bond donors (Lipinski definition) is 0. The Bertz CT molecular complexity index is 136. The molecular weight excluding hydrogens is 163 g/mol. The van der Waals surface area contributed by atoms with Crippen LogP contribution < -0.4 is 0 Å². The van der Waals surface area contributed by atoms with E-state index in [4.69, 9.17) is 9.05 Å². The highest BCUT2D eigenvalue weighted by atomic mass is 31.2. The predicted molar refractivity (Wildman–Crippen MR) is 46.0 cm³/mol. The summed E-state index contributed by atoms with van der Waals surface area (Å²) in [4.78, 5) is 0. The van der Waals surface area contributed by atoms with E-state index in [0.717, 1.165) is 12.8 Å². The highest BCUT2D eigenvalue weighted by molar-refractivity contribution is 7.52. The van der Waals surface area contributed by atoms with Gasteiger partial charge in [0.1, 0.15) is 0 Å². The van der Waals surface area contributed by atoms with Crippen molar-refractivity contribution < 1.29 is 13.6 Å². The van der Waals surface area contributed by atoms with Crippen molar-refractivity contribution in [3.8, 4) is 0 Å². The maximum atomic E-state index is 11.2. The van der Waals surface area contributed by atoms with Crippen molar-refractivity contribution in [3.05, 3.63) is 0 Å². The molecule has 0 rings (SSSR count). The van der Waals surface area contributed by atoms with Crippen molar-refractivity contribution in [1.29, 1.82) is 0 Å². The van der Waals surface area contributed by atoms with Gasteiger partial charge in [-0.15, -0.1) is 0 Å². The quantitative estimate of drug-likeness (QED) is 0.465. The van der Waals surface area contributed by atoms with Gasteiger partial charge in [0.05, 0.1) is 13.2 Å². The summed E-state index contributed by atoms with van der Waals surface area (Å²) in [5.74, 6) is 0. The summed E-state index contributed by atoms with van der Waals surface area (Å²) in [6, 6.07) is 0. The molecule has 0 N–H and O–H groups in total. The van der Waals surface area contributed by atoms with E-state index >= 15 is 0 Å². The van der Waals surface area contributed by atoms with Gasteiger partial charge in [-0.1, -0.05) is 13.3 Å². The third-order valence-corrected chi connectivity index (χ3v) is 2.57. The Balaban J connectivity index is 3.47. The zero-order chi connectivity index (χ0) is 8.74. The molecule has 0 aromatic rings. The number of rotatable bonds is 6. The van der Waals surface area contributed by atoms with E-state index in [-0.39, 0.29) is 0 Å². The second kappa shape index (κ2) is 5.76. The van der Waals surface area contributed by atoms with Crippen LogP contribution in [0.2, 0.25) is 0 Å². The highest BCUT2D eigenvalue weighted by Crippen LogP contribution is 2.43. The van der Waals surface area contributed by atoms with Gasteiger partial charge in [0, 0.05) is 6.66 Å². The lowest BCUT2D eigenvalue weighted by Gasteiger charge is -2.11. The summed E-state index contributed by atoms with van der Waals surface area (Å²) in [7, 11) is -2.72. The summed E-state index contributed by atoms with van der Waals surface area (Å²) in [6.45, 7) is 6.35. The largest absolute Gasteiger partial charge is 0.327 e. The lowest BCUT2D eigenvalue weighted by molar-refractivity contribution is 0.214. The molecule has 0 bridgehead atoms. The molecule has 0 fully saturated rings. The minimum atomic E-state index is -2.72. The van der Waals surface area contributed by atoms with Crippen LogP contribution in [0.5, 0.6) is 0 Å². The Kier molecular flexibility index (Phi) is 5.83. The Hall–Kier alpha value is 0.150. The first-order chi connectivity index (χ1) is 5.12.